The van der Waals surface area contributed by atoms with Gasteiger partial charge in [0.2, 0.25) is 0 Å². The van der Waals surface area contributed by atoms with E-state index >= 15 is 0 Å². The lowest BCUT2D eigenvalue weighted by Crippen LogP contribution is -2.47. The normalized spacial score (nSPS) is 21.7. The third kappa shape index (κ3) is 3.71. The maximum Gasteiger partial charge on any atom is 0.147 e. The van der Waals surface area contributed by atoms with Gasteiger partial charge in [0.25, 0.3) is 0 Å². The van der Waals surface area contributed by atoms with Gasteiger partial charge in [0.05, 0.1) is 11.9 Å². The summed E-state index contributed by atoms with van der Waals surface area (Å²) in [5, 5.41) is 3.14. The van der Waals surface area contributed by atoms with E-state index in [-0.39, 0.29) is 0 Å². The molecule has 2 fully saturated rings. The van der Waals surface area contributed by atoms with Gasteiger partial charge < -0.3 is 15.1 Å². The Morgan fingerprint density at radius 1 is 1.10 bits per heavy atom. The van der Waals surface area contributed by atoms with Crippen molar-refractivity contribution >= 4 is 5.82 Å². The molecule has 3 rings (SSSR count). The zero-order chi connectivity index (χ0) is 14.5. The Labute approximate surface area is 127 Å². The predicted molar refractivity (Wildman–Crippen MR) is 85.5 cm³/mol. The van der Waals surface area contributed by atoms with Crippen molar-refractivity contribution in [3.8, 4) is 0 Å². The number of aromatic nitrogens is 2. The van der Waals surface area contributed by atoms with Crippen LogP contribution in [0.5, 0.6) is 0 Å². The van der Waals surface area contributed by atoms with E-state index in [4.69, 9.17) is 4.98 Å². The van der Waals surface area contributed by atoms with Gasteiger partial charge in [-0.2, -0.15) is 0 Å². The van der Waals surface area contributed by atoms with Crippen LogP contribution in [-0.4, -0.2) is 54.1 Å². The number of likely N-dealkylation sites (tertiary alicyclic amines) is 1. The zero-order valence-corrected chi connectivity index (χ0v) is 13.1. The molecule has 2 aliphatic rings. The molecule has 0 amide bonds. The minimum Gasteiger partial charge on any atom is -0.355 e. The fraction of sp³-hybridized carbons (Fsp3) is 0.750. The fourth-order valence-corrected chi connectivity index (χ4v) is 3.56. The highest BCUT2D eigenvalue weighted by Crippen LogP contribution is 2.23. The summed E-state index contributed by atoms with van der Waals surface area (Å²) >= 11 is 0. The van der Waals surface area contributed by atoms with Gasteiger partial charge in [-0.15, -0.1) is 0 Å². The molecular weight excluding hydrogens is 262 g/mol. The van der Waals surface area contributed by atoms with Crippen LogP contribution in [0.15, 0.2) is 12.4 Å². The van der Waals surface area contributed by atoms with Crippen LogP contribution in [-0.2, 0) is 6.54 Å². The second-order valence-electron chi connectivity index (χ2n) is 6.21. The molecule has 1 N–H and O–H groups in total. The first-order valence-corrected chi connectivity index (χ1v) is 8.31. The van der Waals surface area contributed by atoms with Gasteiger partial charge in [0, 0.05) is 31.9 Å². The number of hydrogen-bond donors (Lipinski definition) is 1. The first kappa shape index (κ1) is 14.7. The van der Waals surface area contributed by atoms with Crippen LogP contribution in [0, 0.1) is 0 Å². The molecule has 5 heteroatoms. The van der Waals surface area contributed by atoms with Crippen molar-refractivity contribution in [2.45, 2.75) is 44.7 Å². The maximum atomic E-state index is 4.71. The van der Waals surface area contributed by atoms with Crippen molar-refractivity contribution in [3.05, 3.63) is 18.1 Å². The summed E-state index contributed by atoms with van der Waals surface area (Å²) in [6.45, 7) is 5.62. The Morgan fingerprint density at radius 3 is 2.57 bits per heavy atom. The van der Waals surface area contributed by atoms with Gasteiger partial charge in [-0.25, -0.2) is 4.98 Å². The minimum atomic E-state index is 0.783. The highest BCUT2D eigenvalue weighted by molar-refractivity contribution is 5.37. The molecule has 2 aliphatic heterocycles. The summed E-state index contributed by atoms with van der Waals surface area (Å²) in [6.07, 6.45) is 10.5. The topological polar surface area (TPSA) is 44.3 Å². The summed E-state index contributed by atoms with van der Waals surface area (Å²) in [4.78, 5) is 14.2. The highest BCUT2D eigenvalue weighted by Gasteiger charge is 2.26. The number of hydrogen-bond acceptors (Lipinski definition) is 5. The lowest BCUT2D eigenvalue weighted by Gasteiger charge is -2.40. The minimum absolute atomic E-state index is 0.783. The van der Waals surface area contributed by atoms with Gasteiger partial charge in [0.15, 0.2) is 0 Å². The molecule has 0 unspecified atom stereocenters. The van der Waals surface area contributed by atoms with Gasteiger partial charge in [0.1, 0.15) is 5.82 Å². The van der Waals surface area contributed by atoms with Crippen LogP contribution in [0.25, 0.3) is 0 Å². The largest absolute Gasteiger partial charge is 0.355 e. The van der Waals surface area contributed by atoms with E-state index in [1.54, 1.807) is 0 Å². The van der Waals surface area contributed by atoms with Crippen LogP contribution >= 0.6 is 0 Å². The molecule has 0 radical (unpaired) electrons. The van der Waals surface area contributed by atoms with Gasteiger partial charge in [-0.3, -0.25) is 4.98 Å². The molecule has 5 nitrogen and oxygen atoms in total. The Kier molecular flexibility index (Phi) is 5.04. The van der Waals surface area contributed by atoms with E-state index in [9.17, 15) is 0 Å². The first-order chi connectivity index (χ1) is 10.4. The Balaban J connectivity index is 1.56. The summed E-state index contributed by atoms with van der Waals surface area (Å²) in [7, 11) is 1.94. The first-order valence-electron chi connectivity index (χ1n) is 8.31. The predicted octanol–water partition coefficient (Wildman–Crippen LogP) is 1.65. The second-order valence-corrected chi connectivity index (χ2v) is 6.21. The summed E-state index contributed by atoms with van der Waals surface area (Å²) in [5.74, 6) is 1.04. The van der Waals surface area contributed by atoms with E-state index in [0.717, 1.165) is 37.2 Å². The van der Waals surface area contributed by atoms with Crippen molar-refractivity contribution in [1.29, 1.82) is 0 Å². The van der Waals surface area contributed by atoms with E-state index < -0.39 is 0 Å². The van der Waals surface area contributed by atoms with Crippen LogP contribution in [0.1, 0.15) is 37.8 Å². The third-order valence-electron chi connectivity index (χ3n) is 4.73. The van der Waals surface area contributed by atoms with Crippen molar-refractivity contribution in [2.75, 3.05) is 38.1 Å². The fourth-order valence-electron chi connectivity index (χ4n) is 3.56. The number of nitrogens with one attached hydrogen (secondary N) is 1. The third-order valence-corrected chi connectivity index (χ3v) is 4.73. The smallest absolute Gasteiger partial charge is 0.147 e. The summed E-state index contributed by atoms with van der Waals surface area (Å²) < 4.78 is 0. The molecule has 1 aromatic rings. The van der Waals surface area contributed by atoms with Crippen molar-refractivity contribution in [3.63, 3.8) is 0 Å². The lowest BCUT2D eigenvalue weighted by atomic mass is 10.00. The Hall–Kier alpha value is -1.20. The van der Waals surface area contributed by atoms with Crippen LogP contribution in [0.2, 0.25) is 0 Å². The van der Waals surface area contributed by atoms with Crippen molar-refractivity contribution in [1.82, 2.24) is 20.2 Å². The zero-order valence-electron chi connectivity index (χ0n) is 13.1. The monoisotopic (exact) mass is 289 g/mol. The molecule has 21 heavy (non-hydrogen) atoms. The van der Waals surface area contributed by atoms with Gasteiger partial charge >= 0.3 is 0 Å². The lowest BCUT2D eigenvalue weighted by molar-refractivity contribution is 0.141. The molecule has 3 heterocycles. The van der Waals surface area contributed by atoms with Gasteiger partial charge in [-0.1, -0.05) is 6.42 Å². The highest BCUT2D eigenvalue weighted by atomic mass is 15.2. The van der Waals surface area contributed by atoms with E-state index in [1.807, 2.05) is 19.4 Å². The van der Waals surface area contributed by atoms with E-state index in [1.165, 1.54) is 45.2 Å². The number of rotatable bonds is 4. The molecule has 0 aliphatic carbocycles. The van der Waals surface area contributed by atoms with Crippen LogP contribution < -0.4 is 10.2 Å². The Bertz CT molecular complexity index is 436. The summed E-state index contributed by atoms with van der Waals surface area (Å²) in [5.41, 5.74) is 1.02. The number of anilines is 1. The molecule has 0 atom stereocenters. The molecular formula is C16H27N5. The molecule has 0 saturated carbocycles. The standard InChI is InChI=1S/C16H27N5/c1-17-11-14-12-18-13-16(19-14)21-9-5-15(6-10-21)20-7-3-2-4-8-20/h12-13,15,17H,2-11H2,1H3. The molecule has 1 aromatic heterocycles. The average molecular weight is 289 g/mol. The summed E-state index contributed by atoms with van der Waals surface area (Å²) in [6, 6.07) is 0.787. The second kappa shape index (κ2) is 7.18. The molecule has 2 saturated heterocycles. The number of nitrogens with zero attached hydrogens (tertiary/aromatic N) is 4. The van der Waals surface area contributed by atoms with Crippen molar-refractivity contribution in [2.24, 2.45) is 0 Å². The van der Waals surface area contributed by atoms with E-state index in [0.29, 0.717) is 0 Å². The average Bonchev–Trinajstić information content (AvgIpc) is 2.56. The molecule has 116 valence electrons. The molecule has 0 spiro atoms. The SMILES string of the molecule is CNCc1cncc(N2CCC(N3CCCCC3)CC2)n1. The quantitative estimate of drug-likeness (QED) is 0.913. The van der Waals surface area contributed by atoms with Gasteiger partial charge in [-0.05, 0) is 45.8 Å². The van der Waals surface area contributed by atoms with Crippen molar-refractivity contribution < 1.29 is 0 Å². The maximum absolute atomic E-state index is 4.71. The molecule has 0 aromatic carbocycles. The van der Waals surface area contributed by atoms with Crippen LogP contribution in [0.3, 0.4) is 0 Å². The Morgan fingerprint density at radius 2 is 1.86 bits per heavy atom. The van der Waals surface area contributed by atoms with Crippen LogP contribution in [0.4, 0.5) is 5.82 Å². The number of piperidine rings is 2. The molecule has 0 bridgehead atoms. The van der Waals surface area contributed by atoms with E-state index in [2.05, 4.69) is 20.1 Å².